The van der Waals surface area contributed by atoms with Crippen molar-refractivity contribution in [3.8, 4) is 0 Å². The van der Waals surface area contributed by atoms with Crippen LogP contribution in [-0.2, 0) is 5.54 Å². The average Bonchev–Trinajstić information content (AvgIpc) is 2.99. The molecule has 0 spiro atoms. The van der Waals surface area contributed by atoms with Gasteiger partial charge in [0.05, 0.1) is 5.54 Å². The molecule has 1 fully saturated rings. The van der Waals surface area contributed by atoms with Crippen LogP contribution in [0.5, 0.6) is 0 Å². The van der Waals surface area contributed by atoms with Crippen molar-refractivity contribution in [2.75, 3.05) is 0 Å². The fourth-order valence-electron chi connectivity index (χ4n) is 1.99. The zero-order chi connectivity index (χ0) is 11.3. The summed E-state index contributed by atoms with van der Waals surface area (Å²) in [5, 5.41) is 0. The van der Waals surface area contributed by atoms with Crippen LogP contribution >= 0.6 is 0 Å². The number of aromatic nitrogens is 1. The van der Waals surface area contributed by atoms with E-state index in [1.54, 1.807) is 6.07 Å². The first-order valence-electron chi connectivity index (χ1n) is 5.43. The molecule has 1 saturated carbocycles. The Bertz CT molecular complexity index is 543. The van der Waals surface area contributed by atoms with Gasteiger partial charge in [0.2, 0.25) is 5.89 Å². The standard InChI is InChI=1S/C12H13FN2O/c1-12(14,7-2-3-7)11-15-9-5-4-8(13)6-10(9)16-11/h4-7H,2-3,14H2,1H3. The van der Waals surface area contributed by atoms with E-state index in [-0.39, 0.29) is 5.82 Å². The lowest BCUT2D eigenvalue weighted by Gasteiger charge is -2.19. The van der Waals surface area contributed by atoms with Gasteiger partial charge >= 0.3 is 0 Å². The number of hydrogen-bond acceptors (Lipinski definition) is 3. The van der Waals surface area contributed by atoms with Crippen molar-refractivity contribution in [3.63, 3.8) is 0 Å². The smallest absolute Gasteiger partial charge is 0.215 e. The number of fused-ring (bicyclic) bond motifs is 1. The Labute approximate surface area is 92.5 Å². The fourth-order valence-corrected chi connectivity index (χ4v) is 1.99. The average molecular weight is 220 g/mol. The maximum atomic E-state index is 13.0. The maximum Gasteiger partial charge on any atom is 0.215 e. The first kappa shape index (κ1) is 9.78. The Morgan fingerprint density at radius 2 is 2.25 bits per heavy atom. The van der Waals surface area contributed by atoms with Gasteiger partial charge in [-0.15, -0.1) is 0 Å². The third kappa shape index (κ3) is 1.41. The van der Waals surface area contributed by atoms with Gasteiger partial charge in [0.1, 0.15) is 11.3 Å². The molecule has 1 aromatic carbocycles. The predicted octanol–water partition coefficient (Wildman–Crippen LogP) is 2.55. The van der Waals surface area contributed by atoms with Crippen LogP contribution in [0.3, 0.4) is 0 Å². The summed E-state index contributed by atoms with van der Waals surface area (Å²) in [5.41, 5.74) is 6.79. The minimum absolute atomic E-state index is 0.319. The first-order valence-corrected chi connectivity index (χ1v) is 5.43. The van der Waals surface area contributed by atoms with Crippen molar-refractivity contribution in [1.82, 2.24) is 4.98 Å². The highest BCUT2D eigenvalue weighted by Gasteiger charge is 2.43. The molecule has 3 rings (SSSR count). The minimum Gasteiger partial charge on any atom is -0.439 e. The van der Waals surface area contributed by atoms with Gasteiger partial charge in [-0.3, -0.25) is 0 Å². The van der Waals surface area contributed by atoms with Gasteiger partial charge in [0, 0.05) is 6.07 Å². The zero-order valence-electron chi connectivity index (χ0n) is 9.03. The zero-order valence-corrected chi connectivity index (χ0v) is 9.03. The highest BCUT2D eigenvalue weighted by Crippen LogP contribution is 2.43. The van der Waals surface area contributed by atoms with Crippen molar-refractivity contribution in [1.29, 1.82) is 0 Å². The van der Waals surface area contributed by atoms with Gasteiger partial charge in [0.15, 0.2) is 5.58 Å². The quantitative estimate of drug-likeness (QED) is 0.846. The lowest BCUT2D eigenvalue weighted by molar-refractivity contribution is 0.326. The van der Waals surface area contributed by atoms with Gasteiger partial charge in [0.25, 0.3) is 0 Å². The Hall–Kier alpha value is -1.42. The second kappa shape index (κ2) is 3.04. The second-order valence-corrected chi connectivity index (χ2v) is 4.69. The minimum atomic E-state index is -0.532. The molecule has 2 N–H and O–H groups in total. The molecule has 0 bridgehead atoms. The number of benzene rings is 1. The van der Waals surface area contributed by atoms with Crippen LogP contribution in [0.15, 0.2) is 22.6 Å². The fraction of sp³-hybridized carbons (Fsp3) is 0.417. The van der Waals surface area contributed by atoms with Crippen molar-refractivity contribution < 1.29 is 8.81 Å². The molecule has 1 aliphatic rings. The van der Waals surface area contributed by atoms with Gasteiger partial charge < -0.3 is 10.2 Å². The Morgan fingerprint density at radius 1 is 1.50 bits per heavy atom. The SMILES string of the molecule is CC(N)(c1nc2ccc(F)cc2o1)C1CC1. The lowest BCUT2D eigenvalue weighted by atomic mass is 9.97. The topological polar surface area (TPSA) is 52.0 Å². The molecule has 1 unspecified atom stereocenters. The van der Waals surface area contributed by atoms with Crippen molar-refractivity contribution in [2.45, 2.75) is 25.3 Å². The summed E-state index contributed by atoms with van der Waals surface area (Å²) in [4.78, 5) is 4.33. The summed E-state index contributed by atoms with van der Waals surface area (Å²) in [7, 11) is 0. The van der Waals surface area contributed by atoms with Crippen molar-refractivity contribution >= 4 is 11.1 Å². The summed E-state index contributed by atoms with van der Waals surface area (Å²) in [6.45, 7) is 1.92. The molecule has 2 aromatic rings. The molecular formula is C12H13FN2O. The summed E-state index contributed by atoms with van der Waals surface area (Å²) >= 11 is 0. The summed E-state index contributed by atoms with van der Waals surface area (Å²) in [5.74, 6) is 0.626. The van der Waals surface area contributed by atoms with Gasteiger partial charge in [-0.05, 0) is 37.8 Å². The predicted molar refractivity (Wildman–Crippen MR) is 58.2 cm³/mol. The molecule has 3 nitrogen and oxygen atoms in total. The van der Waals surface area contributed by atoms with Crippen LogP contribution in [0.1, 0.15) is 25.7 Å². The number of nitrogens with zero attached hydrogens (tertiary/aromatic N) is 1. The van der Waals surface area contributed by atoms with Crippen LogP contribution in [0.4, 0.5) is 4.39 Å². The van der Waals surface area contributed by atoms with E-state index >= 15 is 0 Å². The summed E-state index contributed by atoms with van der Waals surface area (Å²) in [6, 6.07) is 4.33. The van der Waals surface area contributed by atoms with Crippen molar-refractivity contribution in [2.24, 2.45) is 11.7 Å². The first-order chi connectivity index (χ1) is 7.57. The van der Waals surface area contributed by atoms with E-state index in [4.69, 9.17) is 10.2 Å². The van der Waals surface area contributed by atoms with Gasteiger partial charge in [-0.2, -0.15) is 0 Å². The van der Waals surface area contributed by atoms with E-state index < -0.39 is 5.54 Å². The molecule has 1 atom stereocenters. The van der Waals surface area contributed by atoms with Crippen LogP contribution in [0.2, 0.25) is 0 Å². The molecule has 1 aromatic heterocycles. The maximum absolute atomic E-state index is 13.0. The third-order valence-corrected chi connectivity index (χ3v) is 3.24. The van der Waals surface area contributed by atoms with E-state index in [2.05, 4.69) is 4.98 Å². The molecular weight excluding hydrogens is 207 g/mol. The molecule has 0 amide bonds. The van der Waals surface area contributed by atoms with E-state index in [1.165, 1.54) is 12.1 Å². The molecule has 4 heteroatoms. The molecule has 0 radical (unpaired) electrons. The van der Waals surface area contributed by atoms with E-state index in [1.807, 2.05) is 6.92 Å². The Morgan fingerprint density at radius 3 is 2.94 bits per heavy atom. The van der Waals surface area contributed by atoms with Crippen LogP contribution in [-0.4, -0.2) is 4.98 Å². The monoisotopic (exact) mass is 220 g/mol. The number of hydrogen-bond donors (Lipinski definition) is 1. The number of oxazole rings is 1. The Balaban J connectivity index is 2.11. The number of halogens is 1. The van der Waals surface area contributed by atoms with Crippen LogP contribution in [0, 0.1) is 11.7 Å². The van der Waals surface area contributed by atoms with Crippen molar-refractivity contribution in [3.05, 3.63) is 29.9 Å². The molecule has 16 heavy (non-hydrogen) atoms. The van der Waals surface area contributed by atoms with Gasteiger partial charge in [-0.25, -0.2) is 9.37 Å². The molecule has 84 valence electrons. The highest BCUT2D eigenvalue weighted by atomic mass is 19.1. The van der Waals surface area contributed by atoms with E-state index in [9.17, 15) is 4.39 Å². The number of rotatable bonds is 2. The lowest BCUT2D eigenvalue weighted by Crippen LogP contribution is -2.35. The second-order valence-electron chi connectivity index (χ2n) is 4.69. The molecule has 0 aliphatic heterocycles. The Kier molecular flexibility index (Phi) is 1.86. The van der Waals surface area contributed by atoms with E-state index in [0.29, 0.717) is 22.9 Å². The van der Waals surface area contributed by atoms with E-state index in [0.717, 1.165) is 12.8 Å². The normalized spacial score (nSPS) is 19.9. The molecule has 1 aliphatic carbocycles. The van der Waals surface area contributed by atoms with Crippen LogP contribution < -0.4 is 5.73 Å². The summed E-state index contributed by atoms with van der Waals surface area (Å²) < 4.78 is 18.5. The molecule has 1 heterocycles. The molecule has 0 saturated heterocycles. The van der Waals surface area contributed by atoms with Gasteiger partial charge in [-0.1, -0.05) is 0 Å². The van der Waals surface area contributed by atoms with Crippen LogP contribution in [0.25, 0.3) is 11.1 Å². The summed E-state index contributed by atoms with van der Waals surface area (Å²) in [6.07, 6.45) is 2.22. The largest absolute Gasteiger partial charge is 0.439 e. The third-order valence-electron chi connectivity index (χ3n) is 3.24. The number of nitrogens with two attached hydrogens (primary N) is 1. The highest BCUT2D eigenvalue weighted by molar-refractivity contribution is 5.72.